The molecule has 0 radical (unpaired) electrons. The van der Waals surface area contributed by atoms with Gasteiger partial charge in [0.2, 0.25) is 0 Å². The summed E-state index contributed by atoms with van der Waals surface area (Å²) in [4.78, 5) is 0. The molecular formula is C19H33N. The van der Waals surface area contributed by atoms with Crippen molar-refractivity contribution >= 4 is 0 Å². The molecule has 0 spiro atoms. The molecule has 0 aromatic heterocycles. The second-order valence-corrected chi connectivity index (χ2v) is 8.92. The van der Waals surface area contributed by atoms with E-state index < -0.39 is 0 Å². The van der Waals surface area contributed by atoms with Crippen LogP contribution in [0.4, 0.5) is 0 Å². The summed E-state index contributed by atoms with van der Waals surface area (Å²) in [5, 5.41) is 3.69. The van der Waals surface area contributed by atoms with Crippen LogP contribution in [-0.2, 0) is 12.0 Å². The fourth-order valence-corrected chi connectivity index (χ4v) is 2.85. The van der Waals surface area contributed by atoms with Crippen LogP contribution in [0, 0.1) is 5.41 Å². The molecule has 0 saturated carbocycles. The smallest absolute Gasteiger partial charge is 0.0210 e. The summed E-state index contributed by atoms with van der Waals surface area (Å²) in [6.45, 7) is 19.2. The van der Waals surface area contributed by atoms with Crippen molar-refractivity contribution in [1.29, 1.82) is 0 Å². The van der Waals surface area contributed by atoms with E-state index in [1.54, 1.807) is 0 Å². The lowest BCUT2D eigenvalue weighted by Gasteiger charge is -2.33. The first-order valence-corrected chi connectivity index (χ1v) is 7.74. The predicted octanol–water partition coefficient (Wildman–Crippen LogP) is 5.29. The molecule has 0 saturated heterocycles. The molecule has 0 heterocycles. The molecule has 1 aromatic carbocycles. The Bertz CT molecular complexity index is 413. The van der Waals surface area contributed by atoms with Gasteiger partial charge in [-0.3, -0.25) is 0 Å². The van der Waals surface area contributed by atoms with E-state index in [1.807, 2.05) is 0 Å². The van der Waals surface area contributed by atoms with E-state index in [0.717, 1.165) is 6.54 Å². The molecule has 1 heteroatoms. The Kier molecular flexibility index (Phi) is 5.08. The van der Waals surface area contributed by atoms with Crippen LogP contribution in [-0.4, -0.2) is 5.54 Å². The summed E-state index contributed by atoms with van der Waals surface area (Å²) in [6, 6.07) is 9.02. The van der Waals surface area contributed by atoms with E-state index in [-0.39, 0.29) is 11.0 Å². The van der Waals surface area contributed by atoms with E-state index >= 15 is 0 Å². The van der Waals surface area contributed by atoms with Crippen LogP contribution in [0.3, 0.4) is 0 Å². The highest BCUT2D eigenvalue weighted by Crippen LogP contribution is 2.27. The number of hydrogen-bond acceptors (Lipinski definition) is 1. The summed E-state index contributed by atoms with van der Waals surface area (Å²) < 4.78 is 0. The summed E-state index contributed by atoms with van der Waals surface area (Å²) in [7, 11) is 0. The van der Waals surface area contributed by atoms with Gasteiger partial charge < -0.3 is 5.32 Å². The highest BCUT2D eigenvalue weighted by Gasteiger charge is 2.24. The largest absolute Gasteiger partial charge is 0.308 e. The SMILES string of the molecule is CC(C)(C)CC(C)(C)NCc1ccc(C(C)(C)C)cc1. The number of nitrogens with one attached hydrogen (secondary N) is 1. The number of benzene rings is 1. The maximum absolute atomic E-state index is 3.69. The van der Waals surface area contributed by atoms with Gasteiger partial charge in [-0.05, 0) is 42.2 Å². The molecule has 0 aliphatic rings. The lowest BCUT2D eigenvalue weighted by Crippen LogP contribution is -2.41. The third-order valence-corrected chi connectivity index (χ3v) is 3.56. The second kappa shape index (κ2) is 5.89. The van der Waals surface area contributed by atoms with Crippen LogP contribution in [0.25, 0.3) is 0 Å². The van der Waals surface area contributed by atoms with E-state index in [9.17, 15) is 0 Å². The minimum Gasteiger partial charge on any atom is -0.308 e. The lowest BCUT2D eigenvalue weighted by atomic mass is 9.81. The monoisotopic (exact) mass is 275 g/mol. The molecule has 0 aliphatic carbocycles. The average Bonchev–Trinajstić information content (AvgIpc) is 2.22. The minimum absolute atomic E-state index is 0.168. The molecule has 0 fully saturated rings. The fraction of sp³-hybridized carbons (Fsp3) is 0.684. The van der Waals surface area contributed by atoms with Crippen LogP contribution in [0.15, 0.2) is 24.3 Å². The number of rotatable bonds is 4. The van der Waals surface area contributed by atoms with Crippen LogP contribution >= 0.6 is 0 Å². The summed E-state index contributed by atoms with van der Waals surface area (Å²) in [5.41, 5.74) is 3.51. The molecule has 1 rings (SSSR count). The Balaban J connectivity index is 2.62. The molecule has 0 amide bonds. The van der Waals surface area contributed by atoms with Crippen LogP contribution in [0.5, 0.6) is 0 Å². The fourth-order valence-electron chi connectivity index (χ4n) is 2.85. The van der Waals surface area contributed by atoms with Gasteiger partial charge in [0.25, 0.3) is 0 Å². The normalized spacial score (nSPS) is 13.6. The third kappa shape index (κ3) is 6.09. The standard InChI is InChI=1S/C19H33N/c1-17(2,3)14-19(7,8)20-13-15-9-11-16(12-10-15)18(4,5)6/h9-12,20H,13-14H2,1-8H3. The van der Waals surface area contributed by atoms with Crippen molar-refractivity contribution in [3.63, 3.8) is 0 Å². The first-order chi connectivity index (χ1) is 8.89. The molecule has 0 aliphatic heterocycles. The zero-order valence-electron chi connectivity index (χ0n) is 14.7. The van der Waals surface area contributed by atoms with Crippen molar-refractivity contribution < 1.29 is 0 Å². The van der Waals surface area contributed by atoms with Gasteiger partial charge in [0, 0.05) is 12.1 Å². The van der Waals surface area contributed by atoms with Crippen LogP contribution in [0.1, 0.15) is 72.9 Å². The second-order valence-electron chi connectivity index (χ2n) is 8.92. The highest BCUT2D eigenvalue weighted by atomic mass is 14.9. The first-order valence-electron chi connectivity index (χ1n) is 7.74. The molecular weight excluding hydrogens is 242 g/mol. The summed E-state index contributed by atoms with van der Waals surface area (Å²) in [5.74, 6) is 0. The predicted molar refractivity (Wildman–Crippen MR) is 90.1 cm³/mol. The molecule has 1 N–H and O–H groups in total. The van der Waals surface area contributed by atoms with E-state index in [0.29, 0.717) is 5.41 Å². The van der Waals surface area contributed by atoms with Gasteiger partial charge in [0.15, 0.2) is 0 Å². The van der Waals surface area contributed by atoms with Crippen molar-refractivity contribution in [2.45, 2.75) is 79.3 Å². The first kappa shape index (κ1) is 17.2. The highest BCUT2D eigenvalue weighted by molar-refractivity contribution is 5.27. The van der Waals surface area contributed by atoms with E-state index in [2.05, 4.69) is 85.0 Å². The quantitative estimate of drug-likeness (QED) is 0.787. The molecule has 20 heavy (non-hydrogen) atoms. The summed E-state index contributed by atoms with van der Waals surface area (Å²) in [6.07, 6.45) is 1.17. The van der Waals surface area contributed by atoms with Crippen molar-refractivity contribution in [2.24, 2.45) is 5.41 Å². The van der Waals surface area contributed by atoms with Crippen molar-refractivity contribution in [3.05, 3.63) is 35.4 Å². The van der Waals surface area contributed by atoms with Gasteiger partial charge in [0.1, 0.15) is 0 Å². The van der Waals surface area contributed by atoms with Gasteiger partial charge in [-0.15, -0.1) is 0 Å². The Hall–Kier alpha value is -0.820. The molecule has 0 unspecified atom stereocenters. The van der Waals surface area contributed by atoms with Gasteiger partial charge >= 0.3 is 0 Å². The van der Waals surface area contributed by atoms with Crippen molar-refractivity contribution in [3.8, 4) is 0 Å². The van der Waals surface area contributed by atoms with Gasteiger partial charge in [-0.25, -0.2) is 0 Å². The average molecular weight is 275 g/mol. The summed E-state index contributed by atoms with van der Waals surface area (Å²) >= 11 is 0. The Labute approximate surface area is 126 Å². The maximum Gasteiger partial charge on any atom is 0.0210 e. The van der Waals surface area contributed by atoms with E-state index in [1.165, 1.54) is 17.5 Å². The lowest BCUT2D eigenvalue weighted by molar-refractivity contribution is 0.240. The molecule has 1 nitrogen and oxygen atoms in total. The van der Waals surface area contributed by atoms with Gasteiger partial charge in [-0.1, -0.05) is 65.8 Å². The van der Waals surface area contributed by atoms with Crippen molar-refractivity contribution in [2.75, 3.05) is 0 Å². The Morgan fingerprint density at radius 1 is 0.800 bits per heavy atom. The zero-order valence-corrected chi connectivity index (χ0v) is 14.7. The van der Waals surface area contributed by atoms with Crippen LogP contribution < -0.4 is 5.32 Å². The van der Waals surface area contributed by atoms with Gasteiger partial charge in [-0.2, -0.15) is 0 Å². The zero-order chi connectivity index (χ0) is 15.6. The molecule has 0 atom stereocenters. The molecule has 0 bridgehead atoms. The van der Waals surface area contributed by atoms with Crippen LogP contribution in [0.2, 0.25) is 0 Å². The Morgan fingerprint density at radius 2 is 1.30 bits per heavy atom. The molecule has 1 aromatic rings. The Morgan fingerprint density at radius 3 is 1.70 bits per heavy atom. The molecule has 114 valence electrons. The van der Waals surface area contributed by atoms with Gasteiger partial charge in [0.05, 0.1) is 0 Å². The number of hydrogen-bond donors (Lipinski definition) is 1. The minimum atomic E-state index is 0.168. The third-order valence-electron chi connectivity index (χ3n) is 3.56. The topological polar surface area (TPSA) is 12.0 Å². The van der Waals surface area contributed by atoms with E-state index in [4.69, 9.17) is 0 Å². The maximum atomic E-state index is 3.69. The van der Waals surface area contributed by atoms with Crippen molar-refractivity contribution in [1.82, 2.24) is 5.32 Å².